The third-order valence-electron chi connectivity index (χ3n) is 4.16. The standard InChI is InChI=1S/C18H13ClF4N2O/c19-11-2-5-15-10(7-11)1-6-16(25-15)18(22,23)17(26,9-24)13-4-3-12(20)8-14(13)21/h1-8,26H,9,24H2. The van der Waals surface area contributed by atoms with Gasteiger partial charge in [0.2, 0.25) is 0 Å². The number of alkyl halides is 2. The average molecular weight is 385 g/mol. The molecule has 2 aromatic carbocycles. The number of pyridine rings is 1. The zero-order chi connectivity index (χ0) is 19.1. The maximum absolute atomic E-state index is 15.1. The molecule has 0 bridgehead atoms. The Kier molecular flexibility index (Phi) is 4.64. The van der Waals surface area contributed by atoms with Crippen LogP contribution in [-0.4, -0.2) is 16.6 Å². The first-order chi connectivity index (χ1) is 12.2. The molecule has 1 aromatic heterocycles. The van der Waals surface area contributed by atoms with E-state index in [2.05, 4.69) is 4.98 Å². The minimum Gasteiger partial charge on any atom is -0.377 e. The Balaban J connectivity index is 2.16. The molecule has 0 aliphatic rings. The average Bonchev–Trinajstić information content (AvgIpc) is 2.60. The Labute approximate surface area is 151 Å². The summed E-state index contributed by atoms with van der Waals surface area (Å²) in [5.74, 6) is -6.34. The second-order valence-electron chi connectivity index (χ2n) is 5.80. The molecular weight excluding hydrogens is 372 g/mol. The van der Waals surface area contributed by atoms with E-state index in [0.717, 1.165) is 18.2 Å². The highest BCUT2D eigenvalue weighted by atomic mass is 35.5. The number of aromatic nitrogens is 1. The fourth-order valence-corrected chi connectivity index (χ4v) is 2.90. The van der Waals surface area contributed by atoms with Crippen molar-refractivity contribution >= 4 is 22.5 Å². The summed E-state index contributed by atoms with van der Waals surface area (Å²) in [4.78, 5) is 3.85. The lowest BCUT2D eigenvalue weighted by Gasteiger charge is -2.35. The summed E-state index contributed by atoms with van der Waals surface area (Å²) >= 11 is 5.85. The Morgan fingerprint density at radius 1 is 1.04 bits per heavy atom. The number of nitrogens with two attached hydrogens (primary N) is 1. The van der Waals surface area contributed by atoms with Crippen molar-refractivity contribution < 1.29 is 22.7 Å². The summed E-state index contributed by atoms with van der Waals surface area (Å²) < 4.78 is 57.4. The topological polar surface area (TPSA) is 59.1 Å². The van der Waals surface area contributed by atoms with Gasteiger partial charge in [0.05, 0.1) is 5.52 Å². The lowest BCUT2D eigenvalue weighted by atomic mass is 9.84. The van der Waals surface area contributed by atoms with Gasteiger partial charge in [-0.25, -0.2) is 13.8 Å². The van der Waals surface area contributed by atoms with Crippen LogP contribution < -0.4 is 5.73 Å². The van der Waals surface area contributed by atoms with Gasteiger partial charge in [0.25, 0.3) is 0 Å². The first-order valence-electron chi connectivity index (χ1n) is 7.51. The van der Waals surface area contributed by atoms with Gasteiger partial charge in [-0.3, -0.25) is 0 Å². The van der Waals surface area contributed by atoms with Gasteiger partial charge in [-0.15, -0.1) is 0 Å². The number of nitrogens with zero attached hydrogens (tertiary/aromatic N) is 1. The van der Waals surface area contributed by atoms with Crippen molar-refractivity contribution in [3.05, 3.63) is 76.4 Å². The van der Waals surface area contributed by atoms with Crippen LogP contribution in [0.4, 0.5) is 17.6 Å². The molecule has 0 fully saturated rings. The summed E-state index contributed by atoms with van der Waals surface area (Å²) in [7, 11) is 0. The highest BCUT2D eigenvalue weighted by Crippen LogP contribution is 2.45. The van der Waals surface area contributed by atoms with Gasteiger partial charge in [0, 0.05) is 28.6 Å². The number of fused-ring (bicyclic) bond motifs is 1. The largest absolute Gasteiger partial charge is 0.377 e. The first kappa shape index (κ1) is 18.6. The van der Waals surface area contributed by atoms with E-state index in [0.29, 0.717) is 16.5 Å². The van der Waals surface area contributed by atoms with Crippen molar-refractivity contribution in [2.75, 3.05) is 6.54 Å². The SMILES string of the molecule is NCC(O)(c1ccc(F)cc1F)C(F)(F)c1ccc2cc(Cl)ccc2n1. The van der Waals surface area contributed by atoms with E-state index >= 15 is 8.78 Å². The molecule has 0 aliphatic carbocycles. The number of hydrogen-bond acceptors (Lipinski definition) is 3. The van der Waals surface area contributed by atoms with Crippen LogP contribution in [0.1, 0.15) is 11.3 Å². The first-order valence-corrected chi connectivity index (χ1v) is 7.89. The molecule has 136 valence electrons. The van der Waals surface area contributed by atoms with Crippen molar-refractivity contribution in [1.82, 2.24) is 4.98 Å². The van der Waals surface area contributed by atoms with Gasteiger partial charge in [-0.05, 0) is 30.3 Å². The van der Waals surface area contributed by atoms with Crippen LogP contribution in [0.3, 0.4) is 0 Å². The van der Waals surface area contributed by atoms with E-state index in [1.165, 1.54) is 18.2 Å². The van der Waals surface area contributed by atoms with Gasteiger partial charge in [-0.2, -0.15) is 8.78 Å². The Morgan fingerprint density at radius 2 is 1.77 bits per heavy atom. The van der Waals surface area contributed by atoms with Gasteiger partial charge < -0.3 is 10.8 Å². The molecule has 3 nitrogen and oxygen atoms in total. The number of benzene rings is 2. The summed E-state index contributed by atoms with van der Waals surface area (Å²) in [5.41, 5.74) is 0.849. The molecule has 1 unspecified atom stereocenters. The van der Waals surface area contributed by atoms with E-state index < -0.39 is 41.0 Å². The van der Waals surface area contributed by atoms with Crippen molar-refractivity contribution in [2.24, 2.45) is 5.73 Å². The zero-order valence-electron chi connectivity index (χ0n) is 13.2. The molecule has 0 aliphatic heterocycles. The zero-order valence-corrected chi connectivity index (χ0v) is 13.9. The lowest BCUT2D eigenvalue weighted by molar-refractivity contribution is -0.193. The van der Waals surface area contributed by atoms with E-state index in [-0.39, 0.29) is 5.52 Å². The van der Waals surface area contributed by atoms with Crippen molar-refractivity contribution in [3.63, 3.8) is 0 Å². The third-order valence-corrected chi connectivity index (χ3v) is 4.40. The Morgan fingerprint density at radius 3 is 2.42 bits per heavy atom. The van der Waals surface area contributed by atoms with Crippen molar-refractivity contribution in [2.45, 2.75) is 11.5 Å². The van der Waals surface area contributed by atoms with E-state index in [9.17, 15) is 13.9 Å². The molecular formula is C18H13ClF4N2O. The molecule has 1 heterocycles. The molecule has 0 radical (unpaired) electrons. The van der Waals surface area contributed by atoms with Crippen molar-refractivity contribution in [3.8, 4) is 0 Å². The predicted molar refractivity (Wildman–Crippen MR) is 90.0 cm³/mol. The van der Waals surface area contributed by atoms with Crippen molar-refractivity contribution in [1.29, 1.82) is 0 Å². The quantitative estimate of drug-likeness (QED) is 0.666. The maximum Gasteiger partial charge on any atom is 0.323 e. The lowest BCUT2D eigenvalue weighted by Crippen LogP contribution is -2.50. The van der Waals surface area contributed by atoms with Gasteiger partial charge in [-0.1, -0.05) is 23.7 Å². The van der Waals surface area contributed by atoms with Crippen LogP contribution in [-0.2, 0) is 11.5 Å². The van der Waals surface area contributed by atoms with Gasteiger partial charge in [0.1, 0.15) is 17.3 Å². The number of rotatable bonds is 4. The molecule has 8 heteroatoms. The van der Waals surface area contributed by atoms with E-state index in [1.54, 1.807) is 6.07 Å². The maximum atomic E-state index is 15.1. The Hall–Kier alpha value is -2.22. The molecule has 0 spiro atoms. The summed E-state index contributed by atoms with van der Waals surface area (Å²) in [5, 5.41) is 11.5. The molecule has 1 atom stereocenters. The van der Waals surface area contributed by atoms with Crippen LogP contribution in [0.25, 0.3) is 10.9 Å². The molecule has 0 saturated carbocycles. The second kappa shape index (κ2) is 6.50. The number of halogens is 5. The van der Waals surface area contributed by atoms with Gasteiger partial charge in [0.15, 0.2) is 5.60 Å². The van der Waals surface area contributed by atoms with Crippen LogP contribution >= 0.6 is 11.6 Å². The fraction of sp³-hybridized carbons (Fsp3) is 0.167. The summed E-state index contributed by atoms with van der Waals surface area (Å²) in [6.45, 7) is -1.01. The minimum absolute atomic E-state index is 0.213. The molecule has 0 saturated heterocycles. The van der Waals surface area contributed by atoms with Crippen LogP contribution in [0.15, 0.2) is 48.5 Å². The monoisotopic (exact) mass is 384 g/mol. The molecule has 0 amide bonds. The summed E-state index contributed by atoms with van der Waals surface area (Å²) in [6.07, 6.45) is 0. The highest BCUT2D eigenvalue weighted by molar-refractivity contribution is 6.31. The predicted octanol–water partition coefficient (Wildman–Crippen LogP) is 4.10. The highest BCUT2D eigenvalue weighted by Gasteiger charge is 2.56. The number of hydrogen-bond donors (Lipinski definition) is 2. The van der Waals surface area contributed by atoms with E-state index in [1.807, 2.05) is 0 Å². The van der Waals surface area contributed by atoms with Crippen LogP contribution in [0, 0.1) is 11.6 Å². The molecule has 26 heavy (non-hydrogen) atoms. The van der Waals surface area contributed by atoms with Crippen LogP contribution in [0.2, 0.25) is 5.02 Å². The smallest absolute Gasteiger partial charge is 0.323 e. The molecule has 3 rings (SSSR count). The fourth-order valence-electron chi connectivity index (χ4n) is 2.72. The van der Waals surface area contributed by atoms with Gasteiger partial charge >= 0.3 is 5.92 Å². The molecule has 3 N–H and O–H groups in total. The normalized spacial score (nSPS) is 14.4. The third kappa shape index (κ3) is 2.92. The summed E-state index contributed by atoms with van der Waals surface area (Å²) in [6, 6.07) is 8.74. The Bertz CT molecular complexity index is 983. The minimum atomic E-state index is -4.05. The second-order valence-corrected chi connectivity index (χ2v) is 6.23. The van der Waals surface area contributed by atoms with E-state index in [4.69, 9.17) is 17.3 Å². The number of aliphatic hydroxyl groups is 1. The van der Waals surface area contributed by atoms with Crippen LogP contribution in [0.5, 0.6) is 0 Å². The molecule has 3 aromatic rings.